The van der Waals surface area contributed by atoms with Gasteiger partial charge in [0.05, 0.1) is 36.5 Å². The quantitative estimate of drug-likeness (QED) is 0.0630. The molecule has 0 aliphatic rings. The fourth-order valence-electron chi connectivity index (χ4n) is 5.84. The highest BCUT2D eigenvalue weighted by atomic mass is 35.5. The van der Waals surface area contributed by atoms with E-state index in [0.29, 0.717) is 34.3 Å². The Morgan fingerprint density at radius 2 is 1.42 bits per heavy atom. The van der Waals surface area contributed by atoms with Gasteiger partial charge in [0.1, 0.15) is 61.1 Å². The number of nitriles is 1. The van der Waals surface area contributed by atoms with Crippen LogP contribution in [0.3, 0.4) is 0 Å². The number of rotatable bonds is 19. The van der Waals surface area contributed by atoms with Gasteiger partial charge in [0, 0.05) is 24.7 Å². The molecule has 0 fully saturated rings. The van der Waals surface area contributed by atoms with Crippen LogP contribution in [-0.2, 0) is 26.4 Å². The number of ether oxygens (including phenoxy) is 4. The molecule has 0 spiro atoms. The third kappa shape index (κ3) is 11.2. The standard InChI is InChI=1S/C43H45ClN2O9/c1-27-32(9-5-11-36(27)31-8-4-10-35(17-31)53-24-28-12-14-34(52-2)15-13-28)26-55-41-19-40(54-25-30-7-3-6-29(16-30)20-45)33(18-37(41)44)21-46-22-38(48)42(50)43(51)39(49)23-47/h3-19,38-39,42-43,46-51H,21-26H2,1-2H3/t38-,39+,42+,43+/m0/s1. The van der Waals surface area contributed by atoms with Gasteiger partial charge in [-0.25, -0.2) is 0 Å². The predicted molar refractivity (Wildman–Crippen MR) is 208 cm³/mol. The van der Waals surface area contributed by atoms with Gasteiger partial charge in [-0.1, -0.05) is 66.2 Å². The third-order valence-corrected chi connectivity index (χ3v) is 9.39. The van der Waals surface area contributed by atoms with Crippen molar-refractivity contribution >= 4 is 11.6 Å². The molecule has 0 unspecified atom stereocenters. The predicted octanol–water partition coefficient (Wildman–Crippen LogP) is 5.46. The fraction of sp³-hybridized carbons (Fsp3) is 0.279. The van der Waals surface area contributed by atoms with Crippen molar-refractivity contribution in [1.29, 1.82) is 5.26 Å². The van der Waals surface area contributed by atoms with Crippen LogP contribution in [0.4, 0.5) is 0 Å². The molecule has 11 nitrogen and oxygen atoms in total. The van der Waals surface area contributed by atoms with Crippen LogP contribution in [0.15, 0.2) is 103 Å². The Labute approximate surface area is 325 Å². The largest absolute Gasteiger partial charge is 0.497 e. The van der Waals surface area contributed by atoms with E-state index in [4.69, 9.17) is 35.7 Å². The van der Waals surface area contributed by atoms with E-state index in [9.17, 15) is 25.7 Å². The first kappa shape index (κ1) is 41.0. The van der Waals surface area contributed by atoms with E-state index in [-0.39, 0.29) is 26.3 Å². The second-order valence-corrected chi connectivity index (χ2v) is 13.4. The molecule has 0 aliphatic carbocycles. The van der Waals surface area contributed by atoms with Crippen molar-refractivity contribution in [3.63, 3.8) is 0 Å². The lowest BCUT2D eigenvalue weighted by atomic mass is 9.96. The van der Waals surface area contributed by atoms with Crippen molar-refractivity contribution in [2.24, 2.45) is 0 Å². The molecule has 12 heteroatoms. The lowest BCUT2D eigenvalue weighted by Crippen LogP contribution is -2.48. The summed E-state index contributed by atoms with van der Waals surface area (Å²) in [7, 11) is 1.64. The molecule has 288 valence electrons. The molecule has 5 aromatic rings. The van der Waals surface area contributed by atoms with Gasteiger partial charge >= 0.3 is 0 Å². The van der Waals surface area contributed by atoms with Crippen molar-refractivity contribution in [2.45, 2.75) is 57.7 Å². The normalized spacial score (nSPS) is 13.3. The molecule has 5 aromatic carbocycles. The van der Waals surface area contributed by atoms with E-state index in [0.717, 1.165) is 44.9 Å². The summed E-state index contributed by atoms with van der Waals surface area (Å²) in [6.45, 7) is 2.00. The number of hydrogen-bond acceptors (Lipinski definition) is 11. The van der Waals surface area contributed by atoms with Crippen molar-refractivity contribution in [2.75, 3.05) is 20.3 Å². The number of nitrogens with zero attached hydrogens (tertiary/aromatic N) is 1. The van der Waals surface area contributed by atoms with Gasteiger partial charge in [0.2, 0.25) is 0 Å². The Morgan fingerprint density at radius 1 is 0.709 bits per heavy atom. The van der Waals surface area contributed by atoms with Crippen molar-refractivity contribution in [3.8, 4) is 40.2 Å². The summed E-state index contributed by atoms with van der Waals surface area (Å²) >= 11 is 6.74. The highest BCUT2D eigenvalue weighted by Crippen LogP contribution is 2.35. The van der Waals surface area contributed by atoms with Gasteiger partial charge in [-0.05, 0) is 82.8 Å². The fourth-order valence-corrected chi connectivity index (χ4v) is 6.08. The molecular formula is C43H45ClN2O9. The minimum atomic E-state index is -1.74. The molecule has 0 saturated heterocycles. The number of aliphatic hydroxyl groups is 5. The van der Waals surface area contributed by atoms with E-state index in [1.54, 1.807) is 37.4 Å². The highest BCUT2D eigenvalue weighted by Gasteiger charge is 2.29. The van der Waals surface area contributed by atoms with Gasteiger partial charge < -0.3 is 49.8 Å². The maximum absolute atomic E-state index is 10.4. The number of halogens is 1. The van der Waals surface area contributed by atoms with Crippen molar-refractivity contribution in [1.82, 2.24) is 5.32 Å². The van der Waals surface area contributed by atoms with Crippen LogP contribution >= 0.6 is 11.6 Å². The average molecular weight is 769 g/mol. The zero-order chi connectivity index (χ0) is 39.3. The number of aliphatic hydroxyl groups excluding tert-OH is 5. The molecule has 0 amide bonds. The molecule has 0 aromatic heterocycles. The smallest absolute Gasteiger partial charge is 0.142 e. The zero-order valence-electron chi connectivity index (χ0n) is 30.6. The Kier molecular flexibility index (Phi) is 14.9. The van der Waals surface area contributed by atoms with Crippen molar-refractivity contribution < 1.29 is 44.5 Å². The van der Waals surface area contributed by atoms with Crippen LogP contribution in [0.25, 0.3) is 11.1 Å². The molecule has 0 heterocycles. The summed E-state index contributed by atoms with van der Waals surface area (Å²) < 4.78 is 23.8. The topological polar surface area (TPSA) is 174 Å². The highest BCUT2D eigenvalue weighted by molar-refractivity contribution is 6.32. The third-order valence-electron chi connectivity index (χ3n) is 9.10. The number of methoxy groups -OCH3 is 1. The van der Waals surface area contributed by atoms with Crippen LogP contribution < -0.4 is 24.3 Å². The number of nitrogens with one attached hydrogen (secondary N) is 1. The van der Waals surface area contributed by atoms with Crippen LogP contribution in [-0.4, -0.2) is 70.2 Å². The summed E-state index contributed by atoms with van der Waals surface area (Å²) in [6.07, 6.45) is -6.51. The lowest BCUT2D eigenvalue weighted by molar-refractivity contribution is -0.114. The maximum atomic E-state index is 10.4. The first-order valence-corrected chi connectivity index (χ1v) is 18.0. The zero-order valence-corrected chi connectivity index (χ0v) is 31.3. The molecule has 55 heavy (non-hydrogen) atoms. The Bertz CT molecular complexity index is 2050. The van der Waals surface area contributed by atoms with Gasteiger partial charge in [0.25, 0.3) is 0 Å². The van der Waals surface area contributed by atoms with Crippen LogP contribution in [0.2, 0.25) is 5.02 Å². The van der Waals surface area contributed by atoms with Crippen molar-refractivity contribution in [3.05, 3.63) is 142 Å². The van der Waals surface area contributed by atoms with E-state index < -0.39 is 31.0 Å². The lowest BCUT2D eigenvalue weighted by Gasteiger charge is -2.26. The molecule has 5 rings (SSSR count). The number of benzene rings is 5. The second kappa shape index (κ2) is 20.0. The minimum absolute atomic E-state index is 0.139. The minimum Gasteiger partial charge on any atom is -0.497 e. The molecule has 0 saturated carbocycles. The number of hydrogen-bond donors (Lipinski definition) is 6. The maximum Gasteiger partial charge on any atom is 0.142 e. The molecular weight excluding hydrogens is 724 g/mol. The molecule has 6 N–H and O–H groups in total. The monoisotopic (exact) mass is 768 g/mol. The molecule has 4 atom stereocenters. The Morgan fingerprint density at radius 3 is 2.16 bits per heavy atom. The van der Waals surface area contributed by atoms with E-state index in [1.165, 1.54) is 0 Å². The van der Waals surface area contributed by atoms with Crippen LogP contribution in [0.5, 0.6) is 23.0 Å². The summed E-state index contributed by atoms with van der Waals surface area (Å²) in [5, 5.41) is 61.9. The molecule has 0 aliphatic heterocycles. The van der Waals surface area contributed by atoms with Gasteiger partial charge in [-0.15, -0.1) is 0 Å². The Hall–Kier alpha value is -5.16. The van der Waals surface area contributed by atoms with E-state index in [1.807, 2.05) is 73.7 Å². The van der Waals surface area contributed by atoms with Gasteiger partial charge in [-0.2, -0.15) is 5.26 Å². The van der Waals surface area contributed by atoms with Gasteiger partial charge in [0.15, 0.2) is 0 Å². The summed E-state index contributed by atoms with van der Waals surface area (Å²) in [4.78, 5) is 0. The van der Waals surface area contributed by atoms with Gasteiger partial charge in [-0.3, -0.25) is 0 Å². The Balaban J connectivity index is 1.30. The SMILES string of the molecule is COc1ccc(COc2cccc(-c3cccc(COc4cc(OCc5cccc(C#N)c5)c(CNC[C@H](O)[C@@H](O)[C@H](O)[C@H](O)CO)cc4Cl)c3C)c2)cc1. The average Bonchev–Trinajstić information content (AvgIpc) is 3.22. The van der Waals surface area contributed by atoms with Crippen LogP contribution in [0, 0.1) is 18.3 Å². The molecule has 0 radical (unpaired) electrons. The second-order valence-electron chi connectivity index (χ2n) is 13.0. The van der Waals surface area contributed by atoms with Crippen LogP contribution in [0.1, 0.15) is 33.4 Å². The summed E-state index contributed by atoms with van der Waals surface area (Å²) in [5.74, 6) is 2.34. The van der Waals surface area contributed by atoms with E-state index in [2.05, 4.69) is 17.5 Å². The van der Waals surface area contributed by atoms with E-state index >= 15 is 0 Å². The first-order valence-electron chi connectivity index (χ1n) is 17.7. The first-order chi connectivity index (χ1) is 26.6. The molecule has 0 bridgehead atoms. The summed E-state index contributed by atoms with van der Waals surface area (Å²) in [6, 6.07) is 34.2. The summed E-state index contributed by atoms with van der Waals surface area (Å²) in [5.41, 5.74) is 6.89.